The van der Waals surface area contributed by atoms with Gasteiger partial charge in [0.15, 0.2) is 17.3 Å². The Labute approximate surface area is 675 Å². The fourth-order valence-corrected chi connectivity index (χ4v) is 18.2. The van der Waals surface area contributed by atoms with E-state index in [0.717, 1.165) is 87.7 Å². The van der Waals surface area contributed by atoms with E-state index in [1.54, 1.807) is 71.0 Å². The van der Waals surface area contributed by atoms with Crippen LogP contribution in [0.25, 0.3) is 31.3 Å². The van der Waals surface area contributed by atoms with Crippen molar-refractivity contribution in [1.82, 2.24) is 39.9 Å². The lowest BCUT2D eigenvalue weighted by molar-refractivity contribution is -0.144. The number of hydrogen-bond donors (Lipinski definition) is 4. The number of methoxy groups -OCH3 is 2. The maximum atomic E-state index is 14.0. The molecule has 0 saturated carbocycles. The van der Waals surface area contributed by atoms with Gasteiger partial charge in [0.2, 0.25) is 17.7 Å². The molecule has 4 N–H and O–H groups in total. The number of hydrogen-bond acceptors (Lipinski definition) is 19. The van der Waals surface area contributed by atoms with Crippen LogP contribution in [0, 0.1) is 39.0 Å². The number of likely N-dealkylation sites (tertiary alicyclic amines) is 3. The van der Waals surface area contributed by atoms with Gasteiger partial charge < -0.3 is 44.8 Å². The monoisotopic (exact) mass is 1590 g/mol. The van der Waals surface area contributed by atoms with E-state index in [-0.39, 0.29) is 98.3 Å². The van der Waals surface area contributed by atoms with E-state index in [1.165, 1.54) is 16.0 Å². The van der Waals surface area contributed by atoms with Crippen LogP contribution in [0.2, 0.25) is 0 Å². The largest absolute Gasteiger partial charge is 0.497 e. The summed E-state index contributed by atoms with van der Waals surface area (Å²) in [6.07, 6.45) is 2.02. The van der Waals surface area contributed by atoms with Crippen LogP contribution < -0.4 is 14.8 Å². The molecule has 0 aliphatic carbocycles. The van der Waals surface area contributed by atoms with Crippen molar-refractivity contribution in [2.45, 2.75) is 201 Å². The molecule has 0 spiro atoms. The number of nitrogens with one attached hydrogen (secondary N) is 1. The molecule has 3 fully saturated rings. The third-order valence-corrected chi connectivity index (χ3v) is 25.0. The number of aliphatic hydroxyl groups excluding tert-OH is 3. The van der Waals surface area contributed by atoms with Crippen LogP contribution in [-0.4, -0.2) is 173 Å². The molecule has 0 radical (unpaired) electrons. The summed E-state index contributed by atoms with van der Waals surface area (Å²) in [5, 5.41) is 34.2. The predicted molar refractivity (Wildman–Crippen MR) is 444 cm³/mol. The van der Waals surface area contributed by atoms with Crippen LogP contribution in [0.4, 0.5) is 0 Å². The summed E-state index contributed by atoms with van der Waals surface area (Å²) in [6.45, 7) is 21.3. The number of ketones is 3. The number of β-amino-alcohol motifs (C(OH)–C–C–N with tert-alkyl or cyclic N) is 3. The molecule has 4 aliphatic rings. The highest BCUT2D eigenvalue weighted by molar-refractivity contribution is 7.14. The van der Waals surface area contributed by atoms with E-state index in [4.69, 9.17) is 9.47 Å². The number of carbonyl (C=O) groups excluding carboxylic acids is 7. The molecule has 23 heteroatoms. The van der Waals surface area contributed by atoms with Crippen molar-refractivity contribution < 1.29 is 58.4 Å². The molecule has 1 unspecified atom stereocenters. The molecule has 4 amide bonds. The average Bonchev–Trinajstić information content (AvgIpc) is 1.62. The number of ether oxygens (including phenoxy) is 2. The van der Waals surface area contributed by atoms with Gasteiger partial charge in [0.1, 0.15) is 23.1 Å². The zero-order valence-corrected chi connectivity index (χ0v) is 69.3. The molecule has 596 valence electrons. The first kappa shape index (κ1) is 84.4. The Balaban J connectivity index is 0.000000169. The van der Waals surface area contributed by atoms with Gasteiger partial charge in [-0.05, 0) is 158 Å². The average molecular weight is 1590 g/mol. The molecule has 113 heavy (non-hydrogen) atoms. The lowest BCUT2D eigenvalue weighted by Crippen LogP contribution is -2.56. The summed E-state index contributed by atoms with van der Waals surface area (Å²) < 4.78 is 10.6. The minimum Gasteiger partial charge on any atom is -0.497 e. The zero-order chi connectivity index (χ0) is 81.0. The fraction of sp³-hybridized carbons (Fsp3) is 0.422. The second-order valence-corrected chi connectivity index (χ2v) is 34.5. The first-order chi connectivity index (χ1) is 54.0. The summed E-state index contributed by atoms with van der Waals surface area (Å²) >= 11 is 4.84. The smallest absolute Gasteiger partial charge is 0.254 e. The Hall–Kier alpha value is -9.46. The number of nitrogens with zero attached hydrogens (tertiary/aromatic N) is 7. The number of Topliss-reactive ketones (excluding diaryl/α,β-unsaturated/α-hetero) is 3. The molecule has 13 rings (SSSR count). The van der Waals surface area contributed by atoms with Crippen molar-refractivity contribution in [2.24, 2.45) is 11.3 Å². The van der Waals surface area contributed by atoms with Gasteiger partial charge in [0.05, 0.1) is 98.9 Å². The molecule has 0 bridgehead atoms. The molecular weight excluding hydrogens is 1480 g/mol. The van der Waals surface area contributed by atoms with Crippen molar-refractivity contribution in [3.8, 4) is 42.8 Å². The lowest BCUT2D eigenvalue weighted by atomic mass is 9.85. The van der Waals surface area contributed by atoms with Crippen molar-refractivity contribution in [3.05, 3.63) is 218 Å². The third-order valence-electron chi connectivity index (χ3n) is 22.1. The van der Waals surface area contributed by atoms with Crippen LogP contribution in [0.1, 0.15) is 153 Å². The van der Waals surface area contributed by atoms with Crippen LogP contribution >= 0.6 is 34.0 Å². The molecule has 9 aromatic rings. The second-order valence-electron chi connectivity index (χ2n) is 31.9. The lowest BCUT2D eigenvalue weighted by Gasteiger charge is -2.35. The van der Waals surface area contributed by atoms with E-state index >= 15 is 0 Å². The van der Waals surface area contributed by atoms with Crippen molar-refractivity contribution in [1.29, 1.82) is 0 Å². The molecular formula is C90H106N8O12S3. The maximum Gasteiger partial charge on any atom is 0.254 e. The quantitative estimate of drug-likeness (QED) is 0.0393. The third kappa shape index (κ3) is 20.9. The highest BCUT2D eigenvalue weighted by Gasteiger charge is 2.50. The van der Waals surface area contributed by atoms with Gasteiger partial charge in [-0.15, -0.1) is 34.0 Å². The minimum absolute atomic E-state index is 0.0132. The van der Waals surface area contributed by atoms with Crippen LogP contribution in [-0.2, 0) is 67.5 Å². The van der Waals surface area contributed by atoms with E-state index in [1.807, 2.05) is 170 Å². The number of benzene rings is 6. The Morgan fingerprint density at radius 1 is 0.540 bits per heavy atom. The van der Waals surface area contributed by atoms with Gasteiger partial charge in [-0.1, -0.05) is 143 Å². The number of thiazole rings is 3. The zero-order valence-electron chi connectivity index (χ0n) is 66.8. The van der Waals surface area contributed by atoms with Crippen molar-refractivity contribution in [3.63, 3.8) is 0 Å². The Morgan fingerprint density at radius 2 is 0.982 bits per heavy atom. The number of aliphatic hydroxyl groups is 3. The number of carbonyl (C=O) groups is 7. The van der Waals surface area contributed by atoms with E-state index < -0.39 is 47.4 Å². The molecule has 20 nitrogen and oxygen atoms in total. The van der Waals surface area contributed by atoms with Gasteiger partial charge in [-0.3, -0.25) is 38.5 Å². The number of aryl methyl sites for hydroxylation is 8. The summed E-state index contributed by atoms with van der Waals surface area (Å²) in [7, 11) is 3.26. The topological polar surface area (TPSA) is 262 Å². The molecule has 3 aromatic heterocycles. The number of rotatable bonds is 26. The fourth-order valence-electron chi connectivity index (χ4n) is 15.7. The van der Waals surface area contributed by atoms with E-state index in [9.17, 15) is 48.9 Å². The number of amides is 4. The van der Waals surface area contributed by atoms with Crippen LogP contribution in [0.3, 0.4) is 0 Å². The highest BCUT2D eigenvalue weighted by atomic mass is 32.1. The van der Waals surface area contributed by atoms with Gasteiger partial charge in [0, 0.05) is 83.2 Å². The molecule has 7 heterocycles. The standard InChI is InChI=1S/C33H41N3O5S.C31H37N3O4S.C26H28N2O3S/c1-21-30(42-20-34-21)24-12-6-22(7-13-24)10-16-28(38)27-18-25(37)19-36(27)32(40)31(33(2,3)4)35-29(39)17-11-23-8-14-26(41-5)15-9-23;1-19(2)29(33-15-23-10-11-26(38-4)13-24(23)16-33)31(37)34-17-25(35)14-27(34)28(36)12-7-21-5-8-22(9-6-21)30-20(3)32-18-39-30;1-17-5-4-6-21(13-17)25(31)28-15-22(29)14-26(28,3)23(30)12-9-19-7-10-20(11-8-19)24-18(2)27-16-32-24/h6-9,12-15,20,25,27,31,37H,10-11,16-19H2,1-5H3,(H,35,39);5-6,8-11,13,18-19,25,27,29,35H,7,12,14-17H2,1-4H3;4-8,10-11,13,16,22,29H,9,12,14-15H2,1-3H3/t25-,27+,31-;25-,27+,29+;22-,26?/m111/s1. The normalized spacial score (nSPS) is 19.2. The van der Waals surface area contributed by atoms with Crippen molar-refractivity contribution in [2.75, 3.05) is 33.9 Å². The van der Waals surface area contributed by atoms with Gasteiger partial charge in [0.25, 0.3) is 5.91 Å². The predicted octanol–water partition coefficient (Wildman–Crippen LogP) is 14.0. The van der Waals surface area contributed by atoms with Crippen LogP contribution in [0.5, 0.6) is 11.5 Å². The summed E-state index contributed by atoms with van der Waals surface area (Å²) in [6, 6.07) is 43.0. The highest BCUT2D eigenvalue weighted by Crippen LogP contribution is 2.38. The van der Waals surface area contributed by atoms with E-state index in [0.29, 0.717) is 63.6 Å². The SMILES string of the molecule is COc1ccc(CCC(=O)N[C@H](C(=O)N2C[C@H](O)C[C@H]2C(=O)CCc2ccc(-c3scnc3C)cc2)C(C)(C)C)cc1.COc1ccc2c(c1)CN([C@H](C(=O)N1C[C@H](O)C[C@H]1C(=O)CCc1ccc(-c3scnc3C)cc1)C(C)C)C2.Cc1cccc(C(=O)N2C[C@H](O)CC2(C)C(=O)CCc2ccc(-c3scnc3C)cc2)c1. The summed E-state index contributed by atoms with van der Waals surface area (Å²) in [5.74, 6) is 0.691. The summed E-state index contributed by atoms with van der Waals surface area (Å²) in [4.78, 5) is 117. The van der Waals surface area contributed by atoms with Crippen molar-refractivity contribution >= 4 is 75.0 Å². The number of fused-ring (bicyclic) bond motifs is 1. The Bertz CT molecular complexity index is 4800. The first-order valence-electron chi connectivity index (χ1n) is 38.9. The number of aromatic nitrogens is 3. The molecule has 6 aromatic carbocycles. The van der Waals surface area contributed by atoms with Gasteiger partial charge >= 0.3 is 0 Å². The second kappa shape index (κ2) is 37.7. The Morgan fingerprint density at radius 3 is 1.42 bits per heavy atom. The summed E-state index contributed by atoms with van der Waals surface area (Å²) in [5.41, 5.74) is 18.4. The minimum atomic E-state index is -1.00. The maximum absolute atomic E-state index is 14.0. The molecule has 3 saturated heterocycles. The molecule has 8 atom stereocenters. The van der Waals surface area contributed by atoms with Crippen LogP contribution in [0.15, 0.2) is 156 Å². The van der Waals surface area contributed by atoms with E-state index in [2.05, 4.69) is 67.6 Å². The van der Waals surface area contributed by atoms with Gasteiger partial charge in [-0.2, -0.15) is 0 Å². The van der Waals surface area contributed by atoms with Gasteiger partial charge in [-0.25, -0.2) is 15.0 Å². The molecule has 4 aliphatic heterocycles. The first-order valence-corrected chi connectivity index (χ1v) is 41.6. The Kier molecular flexibility index (Phi) is 28.1.